The molecule has 5 aliphatic rings. The molecule has 0 bridgehead atoms. The van der Waals surface area contributed by atoms with Gasteiger partial charge in [-0.1, -0.05) is 90.4 Å². The minimum absolute atomic E-state index is 0.0445. The zero-order chi connectivity index (χ0) is 40.7. The zero-order valence-corrected chi connectivity index (χ0v) is 36.4. The van der Waals surface area contributed by atoms with Gasteiger partial charge in [-0.3, -0.25) is 9.59 Å². The molecule has 3 fully saturated rings. The Bertz CT molecular complexity index is 1960. The normalized spacial score (nSPS) is 34.0. The Morgan fingerprint density at radius 3 is 2.11 bits per heavy atom. The molecule has 3 saturated carbocycles. The summed E-state index contributed by atoms with van der Waals surface area (Å²) in [5, 5.41) is 10.2. The highest BCUT2D eigenvalue weighted by atomic mass is 35.5. The molecule has 7 heteroatoms. The molecular weight excluding hydrogens is 716 g/mol. The van der Waals surface area contributed by atoms with Crippen molar-refractivity contribution in [2.24, 2.45) is 50.7 Å². The summed E-state index contributed by atoms with van der Waals surface area (Å²) >= 11 is 6.31. The van der Waals surface area contributed by atoms with E-state index in [2.05, 4.69) is 85.4 Å². The van der Waals surface area contributed by atoms with Crippen LogP contribution in [-0.2, 0) is 9.59 Å². The van der Waals surface area contributed by atoms with Gasteiger partial charge in [-0.15, -0.1) is 0 Å². The summed E-state index contributed by atoms with van der Waals surface area (Å²) in [6.45, 7) is 20.3. The van der Waals surface area contributed by atoms with Gasteiger partial charge in [-0.2, -0.15) is 0 Å². The fourth-order valence-corrected chi connectivity index (χ4v) is 13.9. The number of rotatable bonds is 9. The molecule has 5 aliphatic carbocycles. The highest BCUT2D eigenvalue weighted by molar-refractivity contribution is 6.30. The first-order valence-electron chi connectivity index (χ1n) is 21.3. The van der Waals surface area contributed by atoms with Gasteiger partial charge in [0.25, 0.3) is 0 Å². The molecule has 6 nitrogen and oxygen atoms in total. The molecule has 8 atom stereocenters. The molecular formula is C49H65ClN2O4. The second-order valence-electron chi connectivity index (χ2n) is 20.2. The number of hydrogen-bond acceptors (Lipinski definition) is 4. The molecule has 0 radical (unpaired) electrons. The summed E-state index contributed by atoms with van der Waals surface area (Å²) < 4.78 is 0. The fraction of sp³-hybridized carbons (Fsp3) is 0.612. The number of ketones is 1. The molecule has 0 heterocycles. The number of halogens is 1. The largest absolute Gasteiger partial charge is 0.478 e. The van der Waals surface area contributed by atoms with Gasteiger partial charge in [-0.25, -0.2) is 4.79 Å². The lowest BCUT2D eigenvalue weighted by Gasteiger charge is -2.71. The van der Waals surface area contributed by atoms with Crippen LogP contribution in [-0.4, -0.2) is 59.8 Å². The molecule has 0 spiro atoms. The van der Waals surface area contributed by atoms with Crippen LogP contribution in [0.5, 0.6) is 0 Å². The summed E-state index contributed by atoms with van der Waals surface area (Å²) in [4.78, 5) is 45.9. The molecule has 2 aromatic rings. The third-order valence-electron chi connectivity index (χ3n) is 16.7. The number of allylic oxidation sites excluding steroid dienone is 3. The van der Waals surface area contributed by atoms with Gasteiger partial charge in [-0.05, 0) is 163 Å². The van der Waals surface area contributed by atoms with Crippen molar-refractivity contribution in [1.29, 1.82) is 0 Å². The molecule has 0 aromatic heterocycles. The van der Waals surface area contributed by atoms with Gasteiger partial charge in [0.2, 0.25) is 5.91 Å². The first kappa shape index (κ1) is 41.0. The summed E-state index contributed by atoms with van der Waals surface area (Å²) in [7, 11) is 4.11. The van der Waals surface area contributed by atoms with E-state index in [0.717, 1.165) is 61.8 Å². The van der Waals surface area contributed by atoms with Crippen molar-refractivity contribution in [3.8, 4) is 0 Å². The molecule has 0 unspecified atom stereocenters. The van der Waals surface area contributed by atoms with Gasteiger partial charge >= 0.3 is 5.97 Å². The van der Waals surface area contributed by atoms with E-state index < -0.39 is 11.4 Å². The van der Waals surface area contributed by atoms with Crippen LogP contribution >= 0.6 is 11.6 Å². The topological polar surface area (TPSA) is 77.9 Å². The second kappa shape index (κ2) is 14.3. The molecule has 56 heavy (non-hydrogen) atoms. The number of benzene rings is 2. The number of carboxylic acids is 1. The van der Waals surface area contributed by atoms with Crippen LogP contribution in [0.15, 0.2) is 65.8 Å². The zero-order valence-electron chi connectivity index (χ0n) is 35.6. The maximum atomic E-state index is 15.6. The maximum absolute atomic E-state index is 15.6. The average molecular weight is 782 g/mol. The van der Waals surface area contributed by atoms with Crippen molar-refractivity contribution in [3.05, 3.63) is 87.5 Å². The Morgan fingerprint density at radius 2 is 1.50 bits per heavy atom. The van der Waals surface area contributed by atoms with E-state index in [1.807, 2.05) is 36.4 Å². The van der Waals surface area contributed by atoms with Crippen LogP contribution in [0.1, 0.15) is 134 Å². The van der Waals surface area contributed by atoms with Crippen molar-refractivity contribution < 1.29 is 19.5 Å². The Hall–Kier alpha value is -3.22. The predicted octanol–water partition coefficient (Wildman–Crippen LogP) is 11.2. The average Bonchev–Trinajstić information content (AvgIpc) is 3.45. The van der Waals surface area contributed by atoms with E-state index >= 15 is 4.79 Å². The lowest BCUT2D eigenvalue weighted by atomic mass is 9.33. The van der Waals surface area contributed by atoms with Gasteiger partial charge in [0.05, 0.1) is 17.0 Å². The number of Topliss-reactive ketones (excluding diaryl/α,β-unsaturated/α-hetero) is 1. The van der Waals surface area contributed by atoms with Gasteiger partial charge < -0.3 is 14.9 Å². The van der Waals surface area contributed by atoms with Crippen molar-refractivity contribution in [2.45, 2.75) is 113 Å². The number of hydrogen-bond donors (Lipinski definition) is 1. The van der Waals surface area contributed by atoms with Crippen molar-refractivity contribution in [2.75, 3.05) is 27.2 Å². The SMILES string of the molecule is CC(C)C1=C2[C@H]3CC[C@@H]4[C@@]5(C)CC=C(c6ccc(C(=O)O)cc6)C(C)(C)[C@@H]5CC[C@@]4(C)[C@]3(C)CC[C@@]2(C(=O)N(CCN(C)C)[C@H](C)c2ccc(Cl)cc2)CC1=O. The van der Waals surface area contributed by atoms with Crippen LogP contribution < -0.4 is 0 Å². The Morgan fingerprint density at radius 1 is 0.839 bits per heavy atom. The van der Waals surface area contributed by atoms with Crippen LogP contribution in [0, 0.1) is 50.7 Å². The third kappa shape index (κ3) is 6.09. The number of nitrogens with zero attached hydrogens (tertiary/aromatic N) is 2. The minimum Gasteiger partial charge on any atom is -0.478 e. The number of carbonyl (C=O) groups is 3. The Kier molecular flexibility index (Phi) is 10.4. The maximum Gasteiger partial charge on any atom is 0.335 e. The first-order chi connectivity index (χ1) is 26.2. The Balaban J connectivity index is 1.27. The monoisotopic (exact) mass is 780 g/mol. The second-order valence-corrected chi connectivity index (χ2v) is 20.7. The molecule has 302 valence electrons. The van der Waals surface area contributed by atoms with Gasteiger partial charge in [0.15, 0.2) is 5.78 Å². The lowest BCUT2D eigenvalue weighted by Crippen LogP contribution is -2.64. The summed E-state index contributed by atoms with van der Waals surface area (Å²) in [5.74, 6) is 0.653. The van der Waals surface area contributed by atoms with Gasteiger partial charge in [0.1, 0.15) is 0 Å². The van der Waals surface area contributed by atoms with E-state index in [4.69, 9.17) is 11.6 Å². The van der Waals surface area contributed by atoms with Crippen LogP contribution in [0.4, 0.5) is 0 Å². The number of carboxylic acid groups (broad SMARTS) is 1. The molecule has 7 rings (SSSR count). The Labute approximate surface area is 341 Å². The highest BCUT2D eigenvalue weighted by Crippen LogP contribution is 2.77. The van der Waals surface area contributed by atoms with E-state index in [9.17, 15) is 14.7 Å². The standard InChI is InChI=1S/C49H65ClN2O4/c1-30(2)41-38(53)29-49(44(56)52(28-27-51(9)10)31(3)32-15-17-35(50)18-16-32)26-25-47(7)37(42(41)49)19-20-40-46(6)23-21-36(33-11-13-34(14-12-33)43(54)55)45(4,5)39(46)22-24-48(40,47)8/h11-18,21,30-31,37,39-40H,19-20,22-29H2,1-10H3,(H,54,55)/t31-,37-,39+,40-,46+,47-,48-,49-/m1/s1. The minimum atomic E-state index is -0.895. The highest BCUT2D eigenvalue weighted by Gasteiger charge is 2.70. The third-order valence-corrected chi connectivity index (χ3v) is 17.0. The van der Waals surface area contributed by atoms with E-state index in [-0.39, 0.29) is 51.2 Å². The summed E-state index contributed by atoms with van der Waals surface area (Å²) in [6, 6.07) is 15.2. The van der Waals surface area contributed by atoms with E-state index in [0.29, 0.717) is 41.8 Å². The fourth-order valence-electron chi connectivity index (χ4n) is 13.7. The molecule has 0 aliphatic heterocycles. The van der Waals surface area contributed by atoms with Crippen molar-refractivity contribution in [1.82, 2.24) is 9.80 Å². The summed E-state index contributed by atoms with van der Waals surface area (Å²) in [5.41, 5.74) is 5.20. The molecule has 1 N–H and O–H groups in total. The number of fused-ring (bicyclic) bond motifs is 7. The number of amides is 1. The van der Waals surface area contributed by atoms with Crippen LogP contribution in [0.25, 0.3) is 5.57 Å². The van der Waals surface area contributed by atoms with E-state index in [1.165, 1.54) is 11.1 Å². The number of aromatic carboxylic acids is 1. The number of likely N-dealkylation sites (N-methyl/N-ethyl adjacent to an activating group) is 1. The molecule has 1 amide bonds. The van der Waals surface area contributed by atoms with Gasteiger partial charge in [0, 0.05) is 24.5 Å². The predicted molar refractivity (Wildman–Crippen MR) is 226 cm³/mol. The van der Waals surface area contributed by atoms with Crippen LogP contribution in [0.3, 0.4) is 0 Å². The quantitative estimate of drug-likeness (QED) is 0.274. The molecule has 0 saturated heterocycles. The van der Waals surface area contributed by atoms with E-state index in [1.54, 1.807) is 12.1 Å². The van der Waals surface area contributed by atoms with Crippen LogP contribution in [0.2, 0.25) is 5.02 Å². The van der Waals surface area contributed by atoms with Crippen molar-refractivity contribution in [3.63, 3.8) is 0 Å². The first-order valence-corrected chi connectivity index (χ1v) is 21.6. The smallest absolute Gasteiger partial charge is 0.335 e. The lowest BCUT2D eigenvalue weighted by molar-refractivity contribution is -0.198. The molecule has 2 aromatic carbocycles. The van der Waals surface area contributed by atoms with Crippen molar-refractivity contribution >= 4 is 34.8 Å². The summed E-state index contributed by atoms with van der Waals surface area (Å²) in [6.07, 6.45) is 9.78. The number of carbonyl (C=O) groups excluding carboxylic acids is 2.